The Bertz CT molecular complexity index is 624. The zero-order chi connectivity index (χ0) is 16.2. The summed E-state index contributed by atoms with van der Waals surface area (Å²) in [5, 5.41) is 8.32. The van der Waals surface area contributed by atoms with Crippen molar-refractivity contribution in [2.45, 2.75) is 45.3 Å². The van der Waals surface area contributed by atoms with Gasteiger partial charge in [0.15, 0.2) is 5.82 Å². The summed E-state index contributed by atoms with van der Waals surface area (Å²) in [5.74, 6) is 1.81. The summed E-state index contributed by atoms with van der Waals surface area (Å²) < 4.78 is 12.9. The summed E-state index contributed by atoms with van der Waals surface area (Å²) >= 11 is 0. The summed E-state index contributed by atoms with van der Waals surface area (Å²) in [7, 11) is 2.01. The number of aryl methyl sites for hydroxylation is 1. The summed E-state index contributed by atoms with van der Waals surface area (Å²) in [6.07, 6.45) is 4.12. The first-order valence-corrected chi connectivity index (χ1v) is 8.31. The highest BCUT2D eigenvalue weighted by atomic mass is 16.5. The molecular weight excluding hydrogens is 294 g/mol. The molecule has 2 aromatic rings. The quantitative estimate of drug-likeness (QED) is 0.813. The number of ether oxygens (including phenoxy) is 1. The Morgan fingerprint density at radius 2 is 2.35 bits per heavy atom. The minimum Gasteiger partial charge on any atom is -0.371 e. The molecule has 0 radical (unpaired) electrons. The summed E-state index contributed by atoms with van der Waals surface area (Å²) in [5.41, 5.74) is 1.30. The van der Waals surface area contributed by atoms with Crippen LogP contribution in [0.3, 0.4) is 0 Å². The standard InChI is InChI=1S/C16H25N5O2/c1-4-22-12(2)16-18-15(23-19-16)11-21-9-5-6-13(10-21)14-7-8-17-20(14)3/h7-8,12-13H,4-6,9-11H2,1-3H3. The zero-order valence-corrected chi connectivity index (χ0v) is 14.1. The van der Waals surface area contributed by atoms with E-state index in [2.05, 4.69) is 26.2 Å². The molecule has 0 saturated carbocycles. The molecule has 2 unspecified atom stereocenters. The van der Waals surface area contributed by atoms with Crippen molar-refractivity contribution >= 4 is 0 Å². The maximum Gasteiger partial charge on any atom is 0.240 e. The molecular formula is C16H25N5O2. The van der Waals surface area contributed by atoms with Crippen molar-refractivity contribution in [3.05, 3.63) is 29.7 Å². The molecule has 0 aliphatic carbocycles. The van der Waals surface area contributed by atoms with E-state index < -0.39 is 0 Å². The molecule has 2 aromatic heterocycles. The Hall–Kier alpha value is -1.73. The maximum atomic E-state index is 5.50. The number of rotatable bonds is 6. The lowest BCUT2D eigenvalue weighted by atomic mass is 9.95. The van der Waals surface area contributed by atoms with Gasteiger partial charge < -0.3 is 9.26 Å². The molecule has 1 aliphatic rings. The second-order valence-electron chi connectivity index (χ2n) is 6.10. The number of hydrogen-bond acceptors (Lipinski definition) is 6. The van der Waals surface area contributed by atoms with Gasteiger partial charge in [-0.05, 0) is 39.3 Å². The lowest BCUT2D eigenvalue weighted by molar-refractivity contribution is 0.0683. The average Bonchev–Trinajstić information content (AvgIpc) is 3.17. The van der Waals surface area contributed by atoms with Crippen LogP contribution in [0.25, 0.3) is 0 Å². The van der Waals surface area contributed by atoms with E-state index in [0.717, 1.165) is 13.1 Å². The molecule has 3 rings (SSSR count). The van der Waals surface area contributed by atoms with Crippen molar-refractivity contribution in [3.8, 4) is 0 Å². The molecule has 2 atom stereocenters. The lowest BCUT2D eigenvalue weighted by Crippen LogP contribution is -2.34. The predicted molar refractivity (Wildman–Crippen MR) is 84.8 cm³/mol. The average molecular weight is 319 g/mol. The van der Waals surface area contributed by atoms with E-state index in [1.165, 1.54) is 18.5 Å². The highest BCUT2D eigenvalue weighted by molar-refractivity contribution is 5.09. The van der Waals surface area contributed by atoms with Gasteiger partial charge in [-0.15, -0.1) is 0 Å². The largest absolute Gasteiger partial charge is 0.371 e. The van der Waals surface area contributed by atoms with Crippen molar-refractivity contribution in [1.29, 1.82) is 0 Å². The third-order valence-electron chi connectivity index (χ3n) is 4.41. The van der Waals surface area contributed by atoms with Crippen LogP contribution in [0, 0.1) is 0 Å². The van der Waals surface area contributed by atoms with Gasteiger partial charge in [-0.1, -0.05) is 5.16 Å². The molecule has 7 nitrogen and oxygen atoms in total. The van der Waals surface area contributed by atoms with E-state index in [4.69, 9.17) is 9.26 Å². The van der Waals surface area contributed by atoms with Crippen LogP contribution in [0.4, 0.5) is 0 Å². The van der Waals surface area contributed by atoms with Gasteiger partial charge in [-0.2, -0.15) is 10.1 Å². The number of hydrogen-bond donors (Lipinski definition) is 0. The molecule has 1 saturated heterocycles. The Labute approximate surface area is 136 Å². The van der Waals surface area contributed by atoms with E-state index in [-0.39, 0.29) is 6.10 Å². The predicted octanol–water partition coefficient (Wildman–Crippen LogP) is 2.28. The summed E-state index contributed by atoms with van der Waals surface area (Å²) in [6.45, 7) is 7.30. The second kappa shape index (κ2) is 7.23. The normalized spacial score (nSPS) is 20.7. The molecule has 3 heterocycles. The van der Waals surface area contributed by atoms with Crippen LogP contribution < -0.4 is 0 Å². The highest BCUT2D eigenvalue weighted by Gasteiger charge is 2.25. The van der Waals surface area contributed by atoms with E-state index in [0.29, 0.717) is 30.8 Å². The van der Waals surface area contributed by atoms with Gasteiger partial charge in [0.1, 0.15) is 6.10 Å². The van der Waals surface area contributed by atoms with Crippen molar-refractivity contribution in [1.82, 2.24) is 24.8 Å². The summed E-state index contributed by atoms with van der Waals surface area (Å²) in [4.78, 5) is 6.84. The zero-order valence-electron chi connectivity index (χ0n) is 14.1. The van der Waals surface area contributed by atoms with Crippen LogP contribution in [-0.2, 0) is 18.3 Å². The first kappa shape index (κ1) is 16.1. The van der Waals surface area contributed by atoms with Gasteiger partial charge in [0.05, 0.1) is 6.54 Å². The van der Waals surface area contributed by atoms with Crippen molar-refractivity contribution in [2.75, 3.05) is 19.7 Å². The lowest BCUT2D eigenvalue weighted by Gasteiger charge is -2.31. The molecule has 1 aliphatic heterocycles. The van der Waals surface area contributed by atoms with Crippen molar-refractivity contribution in [2.24, 2.45) is 7.05 Å². The van der Waals surface area contributed by atoms with Gasteiger partial charge >= 0.3 is 0 Å². The molecule has 7 heteroatoms. The Morgan fingerprint density at radius 1 is 1.48 bits per heavy atom. The van der Waals surface area contributed by atoms with Gasteiger partial charge in [0, 0.05) is 38.0 Å². The molecule has 126 valence electrons. The number of nitrogens with zero attached hydrogens (tertiary/aromatic N) is 5. The van der Waals surface area contributed by atoms with E-state index >= 15 is 0 Å². The fraction of sp³-hybridized carbons (Fsp3) is 0.688. The van der Waals surface area contributed by atoms with Gasteiger partial charge in [-0.25, -0.2) is 0 Å². The van der Waals surface area contributed by atoms with Crippen LogP contribution in [-0.4, -0.2) is 44.5 Å². The SMILES string of the molecule is CCOC(C)c1noc(CN2CCCC(c3ccnn3C)C2)n1. The van der Waals surface area contributed by atoms with Crippen LogP contribution in [0.15, 0.2) is 16.8 Å². The van der Waals surface area contributed by atoms with E-state index in [1.807, 2.05) is 31.8 Å². The van der Waals surface area contributed by atoms with Gasteiger partial charge in [0.2, 0.25) is 5.89 Å². The number of aromatic nitrogens is 4. The fourth-order valence-corrected chi connectivity index (χ4v) is 3.24. The van der Waals surface area contributed by atoms with E-state index in [1.54, 1.807) is 0 Å². The molecule has 0 aromatic carbocycles. The third kappa shape index (κ3) is 3.79. The first-order chi connectivity index (χ1) is 11.2. The van der Waals surface area contributed by atoms with Crippen LogP contribution in [0.2, 0.25) is 0 Å². The monoisotopic (exact) mass is 319 g/mol. The van der Waals surface area contributed by atoms with E-state index in [9.17, 15) is 0 Å². The number of piperidine rings is 1. The molecule has 23 heavy (non-hydrogen) atoms. The molecule has 0 bridgehead atoms. The molecule has 0 spiro atoms. The minimum absolute atomic E-state index is 0.124. The Kier molecular flexibility index (Phi) is 5.07. The van der Waals surface area contributed by atoms with Crippen LogP contribution >= 0.6 is 0 Å². The smallest absolute Gasteiger partial charge is 0.240 e. The highest BCUT2D eigenvalue weighted by Crippen LogP contribution is 2.27. The van der Waals surface area contributed by atoms with Crippen LogP contribution in [0.1, 0.15) is 56.1 Å². The molecule has 0 amide bonds. The van der Waals surface area contributed by atoms with Crippen molar-refractivity contribution in [3.63, 3.8) is 0 Å². The van der Waals surface area contributed by atoms with Crippen molar-refractivity contribution < 1.29 is 9.26 Å². The third-order valence-corrected chi connectivity index (χ3v) is 4.41. The minimum atomic E-state index is -0.124. The number of likely N-dealkylation sites (tertiary alicyclic amines) is 1. The first-order valence-electron chi connectivity index (χ1n) is 8.31. The Morgan fingerprint density at radius 3 is 3.09 bits per heavy atom. The Balaban J connectivity index is 1.61. The summed E-state index contributed by atoms with van der Waals surface area (Å²) in [6, 6.07) is 2.11. The van der Waals surface area contributed by atoms with Gasteiger partial charge in [-0.3, -0.25) is 9.58 Å². The topological polar surface area (TPSA) is 69.2 Å². The fourth-order valence-electron chi connectivity index (χ4n) is 3.24. The maximum absolute atomic E-state index is 5.50. The molecule has 1 fully saturated rings. The van der Waals surface area contributed by atoms with Crippen LogP contribution in [0.5, 0.6) is 0 Å². The molecule has 0 N–H and O–H groups in total. The van der Waals surface area contributed by atoms with Gasteiger partial charge in [0.25, 0.3) is 0 Å². The second-order valence-corrected chi connectivity index (χ2v) is 6.10.